The van der Waals surface area contributed by atoms with Crippen molar-refractivity contribution in [3.8, 4) is 5.75 Å². The van der Waals surface area contributed by atoms with Gasteiger partial charge in [-0.2, -0.15) is 4.31 Å². The van der Waals surface area contributed by atoms with Crippen molar-refractivity contribution in [3.05, 3.63) is 11.4 Å². The molecule has 2 N–H and O–H groups in total. The van der Waals surface area contributed by atoms with Gasteiger partial charge >= 0.3 is 0 Å². The minimum Gasteiger partial charge on any atom is -0.494 e. The van der Waals surface area contributed by atoms with Crippen LogP contribution in [0.1, 0.15) is 12.8 Å². The van der Waals surface area contributed by atoms with Crippen LogP contribution < -0.4 is 10.5 Å². The number of ether oxygens (including phenoxy) is 1. The maximum absolute atomic E-state index is 12.4. The molecule has 0 aromatic carbocycles. The van der Waals surface area contributed by atoms with Crippen molar-refractivity contribution in [3.63, 3.8) is 0 Å². The standard InChI is InChI=1S/C10H16N2O3S2.ClH/c1-15-9-4-6-16-10(9)17(13,14)12-5-2-3-8(12)7-11;/h4,6,8H,2-3,5,7,11H2,1H3;1H. The van der Waals surface area contributed by atoms with E-state index in [1.165, 1.54) is 22.8 Å². The SMILES string of the molecule is COc1ccsc1S(=O)(=O)N1CCCC1CN.Cl. The van der Waals surface area contributed by atoms with Crippen LogP contribution in [0.25, 0.3) is 0 Å². The Morgan fingerprint density at radius 3 is 2.94 bits per heavy atom. The minimum atomic E-state index is -3.45. The molecule has 1 unspecified atom stereocenters. The van der Waals surface area contributed by atoms with Gasteiger partial charge in [-0.05, 0) is 24.3 Å². The molecule has 1 aromatic heterocycles. The van der Waals surface area contributed by atoms with E-state index in [1.54, 1.807) is 11.4 Å². The Labute approximate surface area is 117 Å². The third kappa shape index (κ3) is 2.65. The highest BCUT2D eigenvalue weighted by Gasteiger charge is 2.36. The van der Waals surface area contributed by atoms with Crippen LogP contribution in [0.15, 0.2) is 15.7 Å². The van der Waals surface area contributed by atoms with E-state index in [4.69, 9.17) is 10.5 Å². The Balaban J connectivity index is 0.00000162. The number of sulfonamides is 1. The molecule has 1 aliphatic heterocycles. The molecule has 0 amide bonds. The van der Waals surface area contributed by atoms with E-state index in [0.717, 1.165) is 12.8 Å². The molecule has 2 rings (SSSR count). The summed E-state index contributed by atoms with van der Waals surface area (Å²) in [5, 5.41) is 1.72. The van der Waals surface area contributed by atoms with Crippen molar-refractivity contribution < 1.29 is 13.2 Å². The Kier molecular flexibility index (Phi) is 5.42. The average molecular weight is 313 g/mol. The van der Waals surface area contributed by atoms with Gasteiger partial charge in [0.25, 0.3) is 10.0 Å². The molecule has 1 aliphatic rings. The van der Waals surface area contributed by atoms with E-state index in [2.05, 4.69) is 0 Å². The fraction of sp³-hybridized carbons (Fsp3) is 0.600. The molecular formula is C10H17ClN2O3S2. The van der Waals surface area contributed by atoms with Crippen LogP contribution in [0.2, 0.25) is 0 Å². The summed E-state index contributed by atoms with van der Waals surface area (Å²) in [4.78, 5) is 0. The van der Waals surface area contributed by atoms with Gasteiger partial charge in [-0.1, -0.05) is 0 Å². The second kappa shape index (κ2) is 6.21. The second-order valence-electron chi connectivity index (χ2n) is 3.92. The number of nitrogens with two attached hydrogens (primary N) is 1. The Hall–Kier alpha value is -0.340. The van der Waals surface area contributed by atoms with Crippen molar-refractivity contribution >= 4 is 33.8 Å². The second-order valence-corrected chi connectivity index (χ2v) is 6.93. The predicted molar refractivity (Wildman–Crippen MR) is 74.1 cm³/mol. The van der Waals surface area contributed by atoms with Gasteiger partial charge in [-0.3, -0.25) is 0 Å². The van der Waals surface area contributed by atoms with E-state index in [1.807, 2.05) is 0 Å². The summed E-state index contributed by atoms with van der Waals surface area (Å²) in [7, 11) is -1.97. The number of halogens is 1. The van der Waals surface area contributed by atoms with Gasteiger partial charge in [0.05, 0.1) is 7.11 Å². The van der Waals surface area contributed by atoms with Gasteiger partial charge < -0.3 is 10.5 Å². The smallest absolute Gasteiger partial charge is 0.256 e. The number of hydrogen-bond donors (Lipinski definition) is 1. The third-order valence-electron chi connectivity index (χ3n) is 2.95. The van der Waals surface area contributed by atoms with Crippen LogP contribution in [-0.4, -0.2) is 39.0 Å². The van der Waals surface area contributed by atoms with Gasteiger partial charge in [0, 0.05) is 19.1 Å². The summed E-state index contributed by atoms with van der Waals surface area (Å²) in [6.07, 6.45) is 1.71. The van der Waals surface area contributed by atoms with Crippen molar-refractivity contribution in [1.82, 2.24) is 4.31 Å². The zero-order valence-corrected chi connectivity index (χ0v) is 12.5. The molecule has 8 heteroatoms. The summed E-state index contributed by atoms with van der Waals surface area (Å²) >= 11 is 1.18. The van der Waals surface area contributed by atoms with E-state index in [0.29, 0.717) is 18.8 Å². The lowest BCUT2D eigenvalue weighted by atomic mass is 10.2. The monoisotopic (exact) mass is 312 g/mol. The fourth-order valence-corrected chi connectivity index (χ4v) is 5.19. The Morgan fingerprint density at radius 2 is 2.33 bits per heavy atom. The van der Waals surface area contributed by atoms with Crippen LogP contribution in [-0.2, 0) is 10.0 Å². The Bertz CT molecular complexity index is 489. The lowest BCUT2D eigenvalue weighted by Crippen LogP contribution is -2.39. The van der Waals surface area contributed by atoms with E-state index < -0.39 is 10.0 Å². The first-order valence-electron chi connectivity index (χ1n) is 5.44. The fourth-order valence-electron chi connectivity index (χ4n) is 2.09. The van der Waals surface area contributed by atoms with Gasteiger partial charge in [0.1, 0.15) is 5.75 Å². The van der Waals surface area contributed by atoms with Crippen molar-refractivity contribution in [2.45, 2.75) is 23.1 Å². The molecule has 0 bridgehead atoms. The van der Waals surface area contributed by atoms with Crippen molar-refractivity contribution in [2.75, 3.05) is 20.2 Å². The highest BCUT2D eigenvalue weighted by Crippen LogP contribution is 2.34. The molecular weight excluding hydrogens is 296 g/mol. The van der Waals surface area contributed by atoms with E-state index in [9.17, 15) is 8.42 Å². The number of methoxy groups -OCH3 is 1. The summed E-state index contributed by atoms with van der Waals surface area (Å²) in [5.74, 6) is 0.415. The van der Waals surface area contributed by atoms with E-state index in [-0.39, 0.29) is 22.7 Å². The molecule has 1 atom stereocenters. The molecule has 1 saturated heterocycles. The van der Waals surface area contributed by atoms with Gasteiger partial charge in [-0.15, -0.1) is 23.7 Å². The van der Waals surface area contributed by atoms with Crippen molar-refractivity contribution in [1.29, 1.82) is 0 Å². The lowest BCUT2D eigenvalue weighted by molar-refractivity contribution is 0.382. The highest BCUT2D eigenvalue weighted by molar-refractivity contribution is 7.91. The van der Waals surface area contributed by atoms with Gasteiger partial charge in [0.15, 0.2) is 4.21 Å². The quantitative estimate of drug-likeness (QED) is 0.909. The first-order chi connectivity index (χ1) is 8.11. The predicted octanol–water partition coefficient (Wildman–Crippen LogP) is 1.29. The summed E-state index contributed by atoms with van der Waals surface area (Å²) in [5.41, 5.74) is 5.61. The molecule has 0 saturated carbocycles. The number of hydrogen-bond acceptors (Lipinski definition) is 5. The third-order valence-corrected chi connectivity index (χ3v) is 6.33. The molecule has 1 fully saturated rings. The number of rotatable bonds is 4. The van der Waals surface area contributed by atoms with Crippen LogP contribution in [0.5, 0.6) is 5.75 Å². The molecule has 0 radical (unpaired) electrons. The maximum Gasteiger partial charge on any atom is 0.256 e. The van der Waals surface area contributed by atoms with E-state index >= 15 is 0 Å². The number of thiophene rings is 1. The van der Waals surface area contributed by atoms with Gasteiger partial charge in [0.2, 0.25) is 0 Å². The molecule has 0 aliphatic carbocycles. The van der Waals surface area contributed by atoms with Crippen LogP contribution in [0.4, 0.5) is 0 Å². The maximum atomic E-state index is 12.4. The zero-order valence-electron chi connectivity index (χ0n) is 10.0. The normalized spacial score (nSPS) is 20.7. The first-order valence-corrected chi connectivity index (χ1v) is 7.76. The summed E-state index contributed by atoms with van der Waals surface area (Å²) in [6, 6.07) is 1.59. The molecule has 1 aromatic rings. The van der Waals surface area contributed by atoms with Crippen molar-refractivity contribution in [2.24, 2.45) is 5.73 Å². The Morgan fingerprint density at radius 1 is 1.61 bits per heavy atom. The first kappa shape index (κ1) is 15.7. The molecule has 104 valence electrons. The summed E-state index contributed by atoms with van der Waals surface area (Å²) in [6.45, 7) is 0.915. The number of nitrogens with zero attached hydrogens (tertiary/aromatic N) is 1. The highest BCUT2D eigenvalue weighted by atomic mass is 35.5. The molecule has 18 heavy (non-hydrogen) atoms. The van der Waals surface area contributed by atoms with Crippen LogP contribution in [0, 0.1) is 0 Å². The van der Waals surface area contributed by atoms with Crippen LogP contribution >= 0.6 is 23.7 Å². The van der Waals surface area contributed by atoms with Crippen LogP contribution in [0.3, 0.4) is 0 Å². The summed E-state index contributed by atoms with van der Waals surface area (Å²) < 4.78 is 31.7. The molecule has 2 heterocycles. The minimum absolute atomic E-state index is 0. The lowest BCUT2D eigenvalue weighted by Gasteiger charge is -2.22. The molecule has 0 spiro atoms. The largest absolute Gasteiger partial charge is 0.494 e. The topological polar surface area (TPSA) is 72.6 Å². The zero-order chi connectivity index (χ0) is 12.5. The average Bonchev–Trinajstić information content (AvgIpc) is 2.97. The van der Waals surface area contributed by atoms with Gasteiger partial charge in [-0.25, -0.2) is 8.42 Å². The molecule has 5 nitrogen and oxygen atoms in total.